The van der Waals surface area contributed by atoms with Crippen LogP contribution >= 0.6 is 0 Å². The smallest absolute Gasteiger partial charge is 0.376 e. The van der Waals surface area contributed by atoms with Crippen molar-refractivity contribution in [3.05, 3.63) is 48.0 Å². The molecule has 0 bridgehead atoms. The number of hydrogen-bond donors (Lipinski definition) is 0. The highest BCUT2D eigenvalue weighted by molar-refractivity contribution is 5.85. The molecule has 16 heavy (non-hydrogen) atoms. The summed E-state index contributed by atoms with van der Waals surface area (Å²) in [5, 5.41) is 7.28. The quantitative estimate of drug-likeness (QED) is 0.724. The van der Waals surface area contributed by atoms with Crippen LogP contribution in [0.1, 0.15) is 16.2 Å². The van der Waals surface area contributed by atoms with E-state index in [-0.39, 0.29) is 12.4 Å². The standard InChI is InChI=1S/C11H11N3O2/c1-14-8-12-13-10(14)11(15)16-7-9-5-3-2-4-6-9/h2-6,8H,7H2,1H3. The maximum Gasteiger partial charge on any atom is 0.376 e. The fourth-order valence-electron chi connectivity index (χ4n) is 1.26. The van der Waals surface area contributed by atoms with Crippen LogP contribution < -0.4 is 0 Å². The summed E-state index contributed by atoms with van der Waals surface area (Å²) >= 11 is 0. The Morgan fingerprint density at radius 1 is 1.38 bits per heavy atom. The number of rotatable bonds is 3. The van der Waals surface area contributed by atoms with Crippen molar-refractivity contribution in [3.63, 3.8) is 0 Å². The second-order valence-corrected chi connectivity index (χ2v) is 3.33. The third kappa shape index (κ3) is 2.25. The average molecular weight is 217 g/mol. The first-order valence-electron chi connectivity index (χ1n) is 4.82. The van der Waals surface area contributed by atoms with Gasteiger partial charge in [-0.3, -0.25) is 0 Å². The van der Waals surface area contributed by atoms with Gasteiger partial charge in [-0.15, -0.1) is 10.2 Å². The molecule has 2 aromatic rings. The Kier molecular flexibility index (Phi) is 2.95. The molecule has 0 radical (unpaired) electrons. The van der Waals surface area contributed by atoms with E-state index >= 15 is 0 Å². The first kappa shape index (κ1) is 10.4. The molecule has 0 atom stereocenters. The largest absolute Gasteiger partial charge is 0.455 e. The molecule has 1 aromatic heterocycles. The molecular weight excluding hydrogens is 206 g/mol. The SMILES string of the molecule is Cn1cnnc1C(=O)OCc1ccccc1. The van der Waals surface area contributed by atoms with E-state index in [1.54, 1.807) is 7.05 Å². The van der Waals surface area contributed by atoms with Crippen molar-refractivity contribution in [2.75, 3.05) is 0 Å². The lowest BCUT2D eigenvalue weighted by Gasteiger charge is -2.03. The van der Waals surface area contributed by atoms with Gasteiger partial charge in [0, 0.05) is 7.05 Å². The highest BCUT2D eigenvalue weighted by atomic mass is 16.5. The Morgan fingerprint density at radius 2 is 2.12 bits per heavy atom. The van der Waals surface area contributed by atoms with Crippen molar-refractivity contribution < 1.29 is 9.53 Å². The van der Waals surface area contributed by atoms with Gasteiger partial charge in [-0.25, -0.2) is 4.79 Å². The van der Waals surface area contributed by atoms with Gasteiger partial charge in [0.15, 0.2) is 0 Å². The predicted molar refractivity (Wildman–Crippen MR) is 56.6 cm³/mol. The van der Waals surface area contributed by atoms with E-state index in [1.165, 1.54) is 10.9 Å². The van der Waals surface area contributed by atoms with Crippen LogP contribution in [0.4, 0.5) is 0 Å². The summed E-state index contributed by atoms with van der Waals surface area (Å²) < 4.78 is 6.61. The molecule has 2 rings (SSSR count). The Morgan fingerprint density at radius 3 is 2.75 bits per heavy atom. The zero-order valence-electron chi connectivity index (χ0n) is 8.83. The van der Waals surface area contributed by atoms with E-state index < -0.39 is 5.97 Å². The molecule has 0 aliphatic heterocycles. The molecule has 5 nitrogen and oxygen atoms in total. The van der Waals surface area contributed by atoms with Gasteiger partial charge in [0.05, 0.1) is 0 Å². The van der Waals surface area contributed by atoms with Crippen LogP contribution in [0.25, 0.3) is 0 Å². The molecule has 0 aliphatic carbocycles. The molecule has 0 aliphatic rings. The third-order valence-electron chi connectivity index (χ3n) is 2.11. The molecule has 0 amide bonds. The third-order valence-corrected chi connectivity index (χ3v) is 2.11. The molecule has 1 heterocycles. The van der Waals surface area contributed by atoms with Gasteiger partial charge in [0.25, 0.3) is 0 Å². The number of ether oxygens (including phenoxy) is 1. The highest BCUT2D eigenvalue weighted by Gasteiger charge is 2.13. The Labute approximate surface area is 92.7 Å². The monoisotopic (exact) mass is 217 g/mol. The van der Waals surface area contributed by atoms with Gasteiger partial charge in [0.2, 0.25) is 5.82 Å². The Balaban J connectivity index is 1.97. The van der Waals surface area contributed by atoms with Crippen molar-refractivity contribution >= 4 is 5.97 Å². The molecule has 82 valence electrons. The number of carbonyl (C=O) groups excluding carboxylic acids is 1. The first-order chi connectivity index (χ1) is 7.77. The zero-order valence-corrected chi connectivity index (χ0v) is 8.83. The summed E-state index contributed by atoms with van der Waals surface area (Å²) in [6, 6.07) is 9.49. The molecule has 5 heteroatoms. The fraction of sp³-hybridized carbons (Fsp3) is 0.182. The van der Waals surface area contributed by atoms with E-state index in [0.29, 0.717) is 0 Å². The van der Waals surface area contributed by atoms with Gasteiger partial charge in [-0.05, 0) is 5.56 Å². The van der Waals surface area contributed by atoms with Crippen molar-refractivity contribution in [1.82, 2.24) is 14.8 Å². The highest BCUT2D eigenvalue weighted by Crippen LogP contribution is 2.03. The second kappa shape index (κ2) is 4.57. The summed E-state index contributed by atoms with van der Waals surface area (Å²) in [6.07, 6.45) is 1.46. The topological polar surface area (TPSA) is 57.0 Å². The van der Waals surface area contributed by atoms with Crippen LogP contribution in [0.5, 0.6) is 0 Å². The molecular formula is C11H11N3O2. The number of nitrogens with zero attached hydrogens (tertiary/aromatic N) is 3. The van der Waals surface area contributed by atoms with E-state index in [1.807, 2.05) is 30.3 Å². The molecule has 0 N–H and O–H groups in total. The molecule has 0 fully saturated rings. The van der Waals surface area contributed by atoms with E-state index in [2.05, 4.69) is 10.2 Å². The van der Waals surface area contributed by atoms with E-state index in [0.717, 1.165) is 5.56 Å². The lowest BCUT2D eigenvalue weighted by atomic mass is 10.2. The number of aromatic nitrogens is 3. The summed E-state index contributed by atoms with van der Waals surface area (Å²) in [6.45, 7) is 0.243. The number of aryl methyl sites for hydroxylation is 1. The molecule has 1 aromatic carbocycles. The lowest BCUT2D eigenvalue weighted by Crippen LogP contribution is -2.11. The normalized spacial score (nSPS) is 10.1. The number of carbonyl (C=O) groups is 1. The minimum atomic E-state index is -0.469. The maximum absolute atomic E-state index is 11.6. The van der Waals surface area contributed by atoms with Gasteiger partial charge in [-0.1, -0.05) is 30.3 Å². The number of hydrogen-bond acceptors (Lipinski definition) is 4. The van der Waals surface area contributed by atoms with E-state index in [9.17, 15) is 4.79 Å². The predicted octanol–water partition coefficient (Wildman–Crippen LogP) is 1.17. The minimum absolute atomic E-state index is 0.205. The zero-order chi connectivity index (χ0) is 11.4. The average Bonchev–Trinajstić information content (AvgIpc) is 2.74. The lowest BCUT2D eigenvalue weighted by molar-refractivity contribution is 0.0453. The van der Waals surface area contributed by atoms with Crippen molar-refractivity contribution in [2.45, 2.75) is 6.61 Å². The van der Waals surface area contributed by atoms with Gasteiger partial charge >= 0.3 is 5.97 Å². The van der Waals surface area contributed by atoms with Crippen LogP contribution in [-0.2, 0) is 18.4 Å². The van der Waals surface area contributed by atoms with E-state index in [4.69, 9.17) is 4.74 Å². The van der Waals surface area contributed by atoms with Crippen LogP contribution in [-0.4, -0.2) is 20.7 Å². The van der Waals surface area contributed by atoms with Crippen molar-refractivity contribution in [2.24, 2.45) is 7.05 Å². The van der Waals surface area contributed by atoms with Gasteiger partial charge < -0.3 is 9.30 Å². The number of benzene rings is 1. The molecule has 0 saturated heterocycles. The second-order valence-electron chi connectivity index (χ2n) is 3.33. The van der Waals surface area contributed by atoms with Crippen LogP contribution in [0.3, 0.4) is 0 Å². The van der Waals surface area contributed by atoms with Crippen molar-refractivity contribution in [1.29, 1.82) is 0 Å². The summed E-state index contributed by atoms with van der Waals surface area (Å²) in [4.78, 5) is 11.6. The molecule has 0 unspecified atom stereocenters. The summed E-state index contributed by atoms with van der Waals surface area (Å²) in [7, 11) is 1.69. The van der Waals surface area contributed by atoms with Crippen LogP contribution in [0.15, 0.2) is 36.7 Å². The van der Waals surface area contributed by atoms with Crippen molar-refractivity contribution in [3.8, 4) is 0 Å². The Bertz CT molecular complexity index is 479. The van der Waals surface area contributed by atoms with Gasteiger partial charge in [0.1, 0.15) is 12.9 Å². The molecule has 0 spiro atoms. The maximum atomic E-state index is 11.6. The number of esters is 1. The Hall–Kier alpha value is -2.17. The first-order valence-corrected chi connectivity index (χ1v) is 4.82. The minimum Gasteiger partial charge on any atom is -0.455 e. The van der Waals surface area contributed by atoms with Gasteiger partial charge in [-0.2, -0.15) is 0 Å². The molecule has 0 saturated carbocycles. The van der Waals surface area contributed by atoms with Crippen LogP contribution in [0, 0.1) is 0 Å². The summed E-state index contributed by atoms with van der Waals surface area (Å²) in [5.41, 5.74) is 0.943. The van der Waals surface area contributed by atoms with Crippen LogP contribution in [0.2, 0.25) is 0 Å². The fourth-order valence-corrected chi connectivity index (χ4v) is 1.26. The summed E-state index contributed by atoms with van der Waals surface area (Å²) in [5.74, 6) is -0.264.